The predicted octanol–water partition coefficient (Wildman–Crippen LogP) is 2.90. The van der Waals surface area contributed by atoms with Crippen molar-refractivity contribution in [2.24, 2.45) is 0 Å². The summed E-state index contributed by atoms with van der Waals surface area (Å²) >= 11 is 0. The number of fused-ring (bicyclic) bond motifs is 1. The highest BCUT2D eigenvalue weighted by atomic mass is 16.5. The average Bonchev–Trinajstić information content (AvgIpc) is 2.98. The largest absolute Gasteiger partial charge is 0.497 e. The fourth-order valence-electron chi connectivity index (χ4n) is 3.24. The zero-order chi connectivity index (χ0) is 19.4. The van der Waals surface area contributed by atoms with Gasteiger partial charge in [0.2, 0.25) is 5.91 Å². The summed E-state index contributed by atoms with van der Waals surface area (Å²) in [5.41, 5.74) is 3.87. The van der Waals surface area contributed by atoms with Gasteiger partial charge in [0.1, 0.15) is 11.8 Å². The minimum absolute atomic E-state index is 0.213. The number of carbonyl (C=O) groups excluding carboxylic acids is 1. The van der Waals surface area contributed by atoms with Gasteiger partial charge in [0.05, 0.1) is 7.11 Å². The molecule has 0 saturated heterocycles. The number of benzene rings is 2. The van der Waals surface area contributed by atoms with E-state index in [4.69, 9.17) is 4.74 Å². The van der Waals surface area contributed by atoms with E-state index in [0.717, 1.165) is 33.5 Å². The van der Waals surface area contributed by atoms with E-state index in [1.807, 2.05) is 48.5 Å². The molecule has 3 aromatic rings. The zero-order valence-corrected chi connectivity index (χ0v) is 15.3. The van der Waals surface area contributed by atoms with Crippen LogP contribution in [0.1, 0.15) is 23.7 Å². The van der Waals surface area contributed by atoms with Crippen LogP contribution in [0.4, 0.5) is 0 Å². The Kier molecular flexibility index (Phi) is 5.45. The van der Waals surface area contributed by atoms with Gasteiger partial charge >= 0.3 is 5.97 Å². The zero-order valence-electron chi connectivity index (χ0n) is 15.3. The van der Waals surface area contributed by atoms with Crippen LogP contribution in [-0.4, -0.2) is 35.1 Å². The van der Waals surface area contributed by atoms with Gasteiger partial charge in [0, 0.05) is 36.4 Å². The number of nitrogens with one attached hydrogen (secondary N) is 2. The fourth-order valence-corrected chi connectivity index (χ4v) is 3.24. The molecule has 140 valence electrons. The maximum absolute atomic E-state index is 11.6. The third-order valence-electron chi connectivity index (χ3n) is 4.53. The van der Waals surface area contributed by atoms with Crippen LogP contribution < -0.4 is 10.1 Å². The van der Waals surface area contributed by atoms with Gasteiger partial charge < -0.3 is 20.1 Å². The summed E-state index contributed by atoms with van der Waals surface area (Å²) in [7, 11) is 1.62. The van der Waals surface area contributed by atoms with E-state index in [-0.39, 0.29) is 12.3 Å². The molecule has 1 amide bonds. The van der Waals surface area contributed by atoms with Crippen molar-refractivity contribution in [2.45, 2.75) is 25.8 Å². The van der Waals surface area contributed by atoms with Crippen molar-refractivity contribution in [2.75, 3.05) is 7.11 Å². The predicted molar refractivity (Wildman–Crippen MR) is 103 cm³/mol. The van der Waals surface area contributed by atoms with Crippen molar-refractivity contribution in [1.29, 1.82) is 0 Å². The van der Waals surface area contributed by atoms with Crippen LogP contribution in [0.25, 0.3) is 10.9 Å². The first-order chi connectivity index (χ1) is 13.0. The molecule has 1 aromatic heterocycles. The van der Waals surface area contributed by atoms with Crippen molar-refractivity contribution in [3.05, 3.63) is 65.4 Å². The molecule has 0 aliphatic rings. The first-order valence-corrected chi connectivity index (χ1v) is 8.69. The Morgan fingerprint density at radius 3 is 2.48 bits per heavy atom. The van der Waals surface area contributed by atoms with Crippen LogP contribution >= 0.6 is 0 Å². The number of H-pyrrole nitrogens is 1. The molecule has 3 N–H and O–H groups in total. The Labute approximate surface area is 157 Å². The molecule has 0 fully saturated rings. The molecule has 0 bridgehead atoms. The first-order valence-electron chi connectivity index (χ1n) is 8.69. The summed E-state index contributed by atoms with van der Waals surface area (Å²) in [5.74, 6) is -0.628. The number of ether oxygens (including phenoxy) is 1. The van der Waals surface area contributed by atoms with E-state index in [0.29, 0.717) is 6.42 Å². The minimum atomic E-state index is -1.05. The van der Waals surface area contributed by atoms with Crippen LogP contribution in [0.5, 0.6) is 5.75 Å². The van der Waals surface area contributed by atoms with Crippen LogP contribution in [0, 0.1) is 0 Å². The third-order valence-corrected chi connectivity index (χ3v) is 4.53. The fraction of sp³-hybridized carbons (Fsp3) is 0.238. The summed E-state index contributed by atoms with van der Waals surface area (Å²) in [6.45, 7) is 1.32. The van der Waals surface area contributed by atoms with Gasteiger partial charge in [0.25, 0.3) is 0 Å². The summed E-state index contributed by atoms with van der Waals surface area (Å²) in [4.78, 5) is 26.4. The SMILES string of the molecule is COc1ccc(Cc2[nH]c3ccccc3c2CC(NC(C)=O)C(=O)O)cc1. The number of rotatable bonds is 7. The molecule has 1 unspecified atom stereocenters. The lowest BCUT2D eigenvalue weighted by Crippen LogP contribution is -2.41. The number of para-hydroxylation sites is 1. The average molecular weight is 366 g/mol. The van der Waals surface area contributed by atoms with Crippen molar-refractivity contribution >= 4 is 22.8 Å². The van der Waals surface area contributed by atoms with Gasteiger partial charge in [-0.15, -0.1) is 0 Å². The highest BCUT2D eigenvalue weighted by Crippen LogP contribution is 2.26. The maximum Gasteiger partial charge on any atom is 0.326 e. The van der Waals surface area contributed by atoms with Crippen LogP contribution in [0.3, 0.4) is 0 Å². The molecule has 0 aliphatic heterocycles. The number of aromatic nitrogens is 1. The molecule has 27 heavy (non-hydrogen) atoms. The Bertz CT molecular complexity index is 960. The molecule has 0 spiro atoms. The second-order valence-electron chi connectivity index (χ2n) is 6.45. The van der Waals surface area contributed by atoms with E-state index in [1.54, 1.807) is 7.11 Å². The molecule has 0 radical (unpaired) electrons. The summed E-state index contributed by atoms with van der Waals surface area (Å²) in [5, 5.41) is 13.0. The van der Waals surface area contributed by atoms with Gasteiger partial charge in [0.15, 0.2) is 0 Å². The lowest BCUT2D eigenvalue weighted by molar-refractivity contribution is -0.141. The third kappa shape index (κ3) is 4.28. The number of carbonyl (C=O) groups is 2. The number of carboxylic acids is 1. The number of amides is 1. The van der Waals surface area contributed by atoms with E-state index in [2.05, 4.69) is 10.3 Å². The van der Waals surface area contributed by atoms with Gasteiger partial charge in [-0.25, -0.2) is 4.79 Å². The van der Waals surface area contributed by atoms with Gasteiger partial charge in [-0.2, -0.15) is 0 Å². The van der Waals surface area contributed by atoms with Gasteiger partial charge in [-0.1, -0.05) is 30.3 Å². The minimum Gasteiger partial charge on any atom is -0.497 e. The number of hydrogen-bond donors (Lipinski definition) is 3. The Morgan fingerprint density at radius 1 is 1.15 bits per heavy atom. The molecule has 0 saturated carbocycles. The Morgan fingerprint density at radius 2 is 1.85 bits per heavy atom. The van der Waals surface area contributed by atoms with E-state index >= 15 is 0 Å². The maximum atomic E-state index is 11.6. The van der Waals surface area contributed by atoms with Crippen LogP contribution in [0.15, 0.2) is 48.5 Å². The number of methoxy groups -OCH3 is 1. The quantitative estimate of drug-likeness (QED) is 0.600. The van der Waals surface area contributed by atoms with Gasteiger partial charge in [-0.05, 0) is 29.3 Å². The Balaban J connectivity index is 1.97. The lowest BCUT2D eigenvalue weighted by Gasteiger charge is -2.14. The number of carboxylic acid groups (broad SMARTS) is 1. The summed E-state index contributed by atoms with van der Waals surface area (Å²) in [6.07, 6.45) is 0.838. The second-order valence-corrected chi connectivity index (χ2v) is 6.45. The first kappa shape index (κ1) is 18.5. The van der Waals surface area contributed by atoms with Crippen molar-refractivity contribution in [3.63, 3.8) is 0 Å². The highest BCUT2D eigenvalue weighted by molar-refractivity contribution is 5.87. The molecular formula is C21H22N2O4. The molecule has 6 heteroatoms. The van der Waals surface area contributed by atoms with Crippen molar-refractivity contribution < 1.29 is 19.4 Å². The monoisotopic (exact) mass is 366 g/mol. The molecule has 2 aromatic carbocycles. The highest BCUT2D eigenvalue weighted by Gasteiger charge is 2.23. The molecule has 3 rings (SSSR count). The second kappa shape index (κ2) is 7.95. The molecule has 0 aliphatic carbocycles. The number of aromatic amines is 1. The van der Waals surface area contributed by atoms with E-state index in [1.165, 1.54) is 6.92 Å². The summed E-state index contributed by atoms with van der Waals surface area (Å²) < 4.78 is 5.19. The van der Waals surface area contributed by atoms with E-state index < -0.39 is 12.0 Å². The topological polar surface area (TPSA) is 91.4 Å². The Hall–Kier alpha value is -3.28. The van der Waals surface area contributed by atoms with Crippen LogP contribution in [-0.2, 0) is 22.4 Å². The number of aliphatic carboxylic acids is 1. The smallest absolute Gasteiger partial charge is 0.326 e. The number of hydrogen-bond acceptors (Lipinski definition) is 3. The van der Waals surface area contributed by atoms with E-state index in [9.17, 15) is 14.7 Å². The molecule has 6 nitrogen and oxygen atoms in total. The lowest BCUT2D eigenvalue weighted by atomic mass is 9.98. The van der Waals surface area contributed by atoms with Crippen molar-refractivity contribution in [1.82, 2.24) is 10.3 Å². The molecule has 1 atom stereocenters. The van der Waals surface area contributed by atoms with Gasteiger partial charge in [-0.3, -0.25) is 4.79 Å². The normalized spacial score (nSPS) is 11.9. The molecular weight excluding hydrogens is 344 g/mol. The van der Waals surface area contributed by atoms with Crippen molar-refractivity contribution in [3.8, 4) is 5.75 Å². The standard InChI is InChI=1S/C21H22N2O4/c1-13(24)22-20(21(25)26)12-17-16-5-3-4-6-18(16)23-19(17)11-14-7-9-15(27-2)10-8-14/h3-10,20,23H,11-12H2,1-2H3,(H,22,24)(H,25,26). The van der Waals surface area contributed by atoms with Crippen LogP contribution in [0.2, 0.25) is 0 Å². The summed E-state index contributed by atoms with van der Waals surface area (Å²) in [6, 6.07) is 14.6. The molecule has 1 heterocycles.